The van der Waals surface area contributed by atoms with E-state index in [0.29, 0.717) is 25.4 Å². The van der Waals surface area contributed by atoms with Crippen molar-refractivity contribution in [2.24, 2.45) is 0 Å². The summed E-state index contributed by atoms with van der Waals surface area (Å²) < 4.78 is 0. The normalized spacial score (nSPS) is 22.8. The molecule has 2 fully saturated rings. The van der Waals surface area contributed by atoms with Crippen LogP contribution in [0.5, 0.6) is 0 Å². The molecule has 1 aromatic rings. The van der Waals surface area contributed by atoms with Crippen molar-refractivity contribution in [3.8, 4) is 0 Å². The van der Waals surface area contributed by atoms with Gasteiger partial charge in [0, 0.05) is 51.6 Å². The third-order valence-electron chi connectivity index (χ3n) is 4.89. The average molecular weight is 315 g/mol. The van der Waals surface area contributed by atoms with E-state index in [1.54, 1.807) is 0 Å². The van der Waals surface area contributed by atoms with Crippen LogP contribution >= 0.6 is 0 Å². The number of likely N-dealkylation sites (tertiary alicyclic amines) is 1. The number of imide groups is 1. The number of aryl methyl sites for hydroxylation is 1. The number of carbonyl (C=O) groups is 2. The Labute approximate surface area is 137 Å². The molecule has 0 aliphatic carbocycles. The van der Waals surface area contributed by atoms with Crippen LogP contribution in [0.2, 0.25) is 0 Å². The lowest BCUT2D eigenvalue weighted by Gasteiger charge is -2.37. The molecule has 0 bridgehead atoms. The quantitative estimate of drug-likeness (QED) is 0.833. The fourth-order valence-corrected chi connectivity index (χ4v) is 3.42. The zero-order chi connectivity index (χ0) is 16.2. The molecule has 3 rings (SSSR count). The van der Waals surface area contributed by atoms with Crippen molar-refractivity contribution in [3.63, 3.8) is 0 Å². The van der Waals surface area contributed by atoms with Crippen LogP contribution < -0.4 is 5.32 Å². The topological polar surface area (TPSA) is 52.6 Å². The summed E-state index contributed by atoms with van der Waals surface area (Å²) in [5.41, 5.74) is 2.64. The number of carbonyl (C=O) groups excluding carboxylic acids is 2. The molecule has 5 heteroatoms. The van der Waals surface area contributed by atoms with Gasteiger partial charge in [-0.05, 0) is 17.5 Å². The van der Waals surface area contributed by atoms with Crippen LogP contribution in [0, 0.1) is 0 Å². The van der Waals surface area contributed by atoms with E-state index in [-0.39, 0.29) is 11.8 Å². The van der Waals surface area contributed by atoms with E-state index in [2.05, 4.69) is 41.4 Å². The van der Waals surface area contributed by atoms with E-state index in [0.717, 1.165) is 32.6 Å². The smallest absolute Gasteiger partial charge is 0.229 e. The van der Waals surface area contributed by atoms with Gasteiger partial charge in [0.25, 0.3) is 0 Å². The Kier molecular flexibility index (Phi) is 5.08. The highest BCUT2D eigenvalue weighted by Gasteiger charge is 2.30. The molecule has 1 N–H and O–H groups in total. The fourth-order valence-electron chi connectivity index (χ4n) is 3.42. The third-order valence-corrected chi connectivity index (χ3v) is 4.89. The number of benzene rings is 1. The molecule has 2 aliphatic rings. The van der Waals surface area contributed by atoms with Crippen LogP contribution in [0.4, 0.5) is 0 Å². The number of nitrogens with one attached hydrogen (secondary N) is 1. The molecule has 1 aromatic carbocycles. The minimum Gasteiger partial charge on any atom is -0.314 e. The zero-order valence-corrected chi connectivity index (χ0v) is 13.8. The molecule has 124 valence electrons. The lowest BCUT2D eigenvalue weighted by atomic mass is 10.0. The number of hydrogen-bond donors (Lipinski definition) is 1. The molecule has 0 aromatic heterocycles. The first-order valence-electron chi connectivity index (χ1n) is 8.56. The Balaban J connectivity index is 1.66. The maximum absolute atomic E-state index is 11.8. The van der Waals surface area contributed by atoms with Gasteiger partial charge in [0.05, 0.1) is 0 Å². The van der Waals surface area contributed by atoms with Crippen LogP contribution in [0.15, 0.2) is 24.3 Å². The van der Waals surface area contributed by atoms with Crippen LogP contribution in [0.3, 0.4) is 0 Å². The third kappa shape index (κ3) is 3.62. The molecule has 0 radical (unpaired) electrons. The molecule has 2 amide bonds. The number of amides is 2. The van der Waals surface area contributed by atoms with Gasteiger partial charge in [-0.3, -0.25) is 19.4 Å². The average Bonchev–Trinajstić information content (AvgIpc) is 2.92. The van der Waals surface area contributed by atoms with E-state index in [1.165, 1.54) is 16.0 Å². The number of rotatable bonds is 5. The predicted octanol–water partition coefficient (Wildman–Crippen LogP) is 1.34. The van der Waals surface area contributed by atoms with Gasteiger partial charge in [0.2, 0.25) is 11.8 Å². The predicted molar refractivity (Wildman–Crippen MR) is 89.0 cm³/mol. The van der Waals surface area contributed by atoms with Crippen molar-refractivity contribution in [1.29, 1.82) is 0 Å². The van der Waals surface area contributed by atoms with Gasteiger partial charge in [0.1, 0.15) is 0 Å². The standard InChI is InChI=1S/C18H25N3O2/c1-2-14-3-5-15(6-4-14)16-13-19-9-10-20(16)11-12-21-17(22)7-8-18(21)23/h3-6,16,19H,2,7-13H2,1H3. The van der Waals surface area contributed by atoms with Crippen molar-refractivity contribution in [2.75, 3.05) is 32.7 Å². The molecule has 0 spiro atoms. The summed E-state index contributed by atoms with van der Waals surface area (Å²) in [5, 5.41) is 3.45. The molecule has 1 unspecified atom stereocenters. The second-order valence-electron chi connectivity index (χ2n) is 6.29. The van der Waals surface area contributed by atoms with Crippen LogP contribution in [0.25, 0.3) is 0 Å². The van der Waals surface area contributed by atoms with Crippen molar-refractivity contribution in [1.82, 2.24) is 15.1 Å². The second kappa shape index (κ2) is 7.23. The van der Waals surface area contributed by atoms with Gasteiger partial charge in [0.15, 0.2) is 0 Å². The lowest BCUT2D eigenvalue weighted by molar-refractivity contribution is -0.138. The Bertz CT molecular complexity index is 554. The van der Waals surface area contributed by atoms with Crippen molar-refractivity contribution in [3.05, 3.63) is 35.4 Å². The summed E-state index contributed by atoms with van der Waals surface area (Å²) in [6.45, 7) is 6.23. The molecule has 1 atom stereocenters. The summed E-state index contributed by atoms with van der Waals surface area (Å²) in [6.07, 6.45) is 1.80. The molecular formula is C18H25N3O2. The SMILES string of the molecule is CCc1ccc(C2CNCCN2CCN2C(=O)CCC2=O)cc1. The summed E-state index contributed by atoms with van der Waals surface area (Å²) in [5.74, 6) is -0.0389. The van der Waals surface area contributed by atoms with E-state index in [9.17, 15) is 9.59 Å². The van der Waals surface area contributed by atoms with E-state index < -0.39 is 0 Å². The van der Waals surface area contributed by atoms with Gasteiger partial charge in [-0.25, -0.2) is 0 Å². The zero-order valence-electron chi connectivity index (χ0n) is 13.8. The summed E-state index contributed by atoms with van der Waals surface area (Å²) in [6, 6.07) is 9.10. The van der Waals surface area contributed by atoms with Gasteiger partial charge in [-0.2, -0.15) is 0 Å². The minimum atomic E-state index is -0.0195. The first-order valence-corrected chi connectivity index (χ1v) is 8.56. The van der Waals surface area contributed by atoms with Crippen LogP contribution in [-0.4, -0.2) is 54.3 Å². The molecule has 23 heavy (non-hydrogen) atoms. The Morgan fingerprint density at radius 1 is 1.09 bits per heavy atom. The first-order chi connectivity index (χ1) is 11.2. The summed E-state index contributed by atoms with van der Waals surface area (Å²) in [7, 11) is 0. The first kappa shape index (κ1) is 16.1. The number of hydrogen-bond acceptors (Lipinski definition) is 4. The van der Waals surface area contributed by atoms with Crippen molar-refractivity contribution >= 4 is 11.8 Å². The number of nitrogens with zero attached hydrogens (tertiary/aromatic N) is 2. The molecule has 2 saturated heterocycles. The molecule has 5 nitrogen and oxygen atoms in total. The maximum Gasteiger partial charge on any atom is 0.229 e. The van der Waals surface area contributed by atoms with Crippen LogP contribution in [0.1, 0.15) is 36.9 Å². The molecule has 2 aliphatic heterocycles. The lowest BCUT2D eigenvalue weighted by Crippen LogP contribution is -2.48. The highest BCUT2D eigenvalue weighted by Crippen LogP contribution is 2.23. The van der Waals surface area contributed by atoms with Crippen molar-refractivity contribution < 1.29 is 9.59 Å². The molecular weight excluding hydrogens is 290 g/mol. The van der Waals surface area contributed by atoms with E-state index in [1.807, 2.05) is 0 Å². The van der Waals surface area contributed by atoms with Gasteiger partial charge < -0.3 is 5.32 Å². The highest BCUT2D eigenvalue weighted by atomic mass is 16.2. The number of piperazine rings is 1. The minimum absolute atomic E-state index is 0.0195. The van der Waals surface area contributed by atoms with Gasteiger partial charge in [-0.15, -0.1) is 0 Å². The highest BCUT2D eigenvalue weighted by molar-refractivity contribution is 6.01. The Hall–Kier alpha value is -1.72. The Morgan fingerprint density at radius 2 is 1.78 bits per heavy atom. The van der Waals surface area contributed by atoms with Crippen molar-refractivity contribution in [2.45, 2.75) is 32.2 Å². The van der Waals surface area contributed by atoms with Gasteiger partial charge >= 0.3 is 0 Å². The van der Waals surface area contributed by atoms with Crippen LogP contribution in [-0.2, 0) is 16.0 Å². The fraction of sp³-hybridized carbons (Fsp3) is 0.556. The Morgan fingerprint density at radius 3 is 2.43 bits per heavy atom. The monoisotopic (exact) mass is 315 g/mol. The van der Waals surface area contributed by atoms with E-state index >= 15 is 0 Å². The molecule has 0 saturated carbocycles. The molecule has 2 heterocycles. The van der Waals surface area contributed by atoms with E-state index in [4.69, 9.17) is 0 Å². The van der Waals surface area contributed by atoms with Gasteiger partial charge in [-0.1, -0.05) is 31.2 Å². The largest absolute Gasteiger partial charge is 0.314 e. The summed E-state index contributed by atoms with van der Waals surface area (Å²) in [4.78, 5) is 27.3. The summed E-state index contributed by atoms with van der Waals surface area (Å²) >= 11 is 0. The second-order valence-corrected chi connectivity index (χ2v) is 6.29. The maximum atomic E-state index is 11.8.